The molecule has 2 aromatic carbocycles. The lowest BCUT2D eigenvalue weighted by atomic mass is 10.1. The smallest absolute Gasteiger partial charge is 0.151 e. The number of halogens is 1. The van der Waals surface area contributed by atoms with E-state index in [1.54, 1.807) is 18.2 Å². The molecule has 1 heterocycles. The van der Waals surface area contributed by atoms with Crippen LogP contribution < -0.4 is 10.2 Å². The molecule has 1 atom stereocenters. The van der Waals surface area contributed by atoms with Gasteiger partial charge in [-0.1, -0.05) is 37.3 Å². The van der Waals surface area contributed by atoms with Gasteiger partial charge in [0.05, 0.1) is 6.04 Å². The molecule has 0 amide bonds. The van der Waals surface area contributed by atoms with Gasteiger partial charge in [-0.15, -0.1) is 0 Å². The second kappa shape index (κ2) is 8.92. The number of benzene rings is 2. The Morgan fingerprint density at radius 3 is 2.73 bits per heavy atom. The first-order valence-corrected chi connectivity index (χ1v) is 9.15. The lowest BCUT2D eigenvalue weighted by molar-refractivity contribution is -0.124. The molecule has 138 valence electrons. The molecule has 5 heteroatoms. The van der Waals surface area contributed by atoms with Crippen molar-refractivity contribution in [3.05, 3.63) is 65.5 Å². The Hall–Kier alpha value is -2.24. The maximum atomic E-state index is 13.6. The number of carbonyl (C=O) groups is 1. The van der Waals surface area contributed by atoms with Crippen LogP contribution in [0.3, 0.4) is 0 Å². The zero-order valence-electron chi connectivity index (χ0n) is 15.1. The molecule has 1 saturated heterocycles. The Morgan fingerprint density at radius 2 is 2.00 bits per heavy atom. The zero-order chi connectivity index (χ0) is 18.4. The van der Waals surface area contributed by atoms with Crippen molar-refractivity contribution in [2.24, 2.45) is 0 Å². The van der Waals surface area contributed by atoms with Crippen molar-refractivity contribution in [2.45, 2.75) is 45.4 Å². The van der Waals surface area contributed by atoms with Gasteiger partial charge in [0, 0.05) is 25.1 Å². The van der Waals surface area contributed by atoms with Crippen LogP contribution in [0.25, 0.3) is 0 Å². The highest BCUT2D eigenvalue weighted by atomic mass is 19.1. The molecular formula is C21H25FN2O2. The maximum absolute atomic E-state index is 13.6. The van der Waals surface area contributed by atoms with Gasteiger partial charge >= 0.3 is 0 Å². The van der Waals surface area contributed by atoms with Crippen LogP contribution in [0.2, 0.25) is 0 Å². The summed E-state index contributed by atoms with van der Waals surface area (Å²) in [6.45, 7) is 3.69. The first-order valence-electron chi connectivity index (χ1n) is 9.15. The Labute approximate surface area is 153 Å². The Kier molecular flexibility index (Phi) is 6.36. The average Bonchev–Trinajstić information content (AvgIpc) is 3.14. The van der Waals surface area contributed by atoms with Crippen LogP contribution in [-0.4, -0.2) is 23.4 Å². The summed E-state index contributed by atoms with van der Waals surface area (Å²) in [5.41, 5.74) is 5.02. The normalized spacial score (nSPS) is 17.4. The minimum atomic E-state index is -0.255. The number of ketones is 1. The Bertz CT molecular complexity index is 733. The topological polar surface area (TPSA) is 41.6 Å². The van der Waals surface area contributed by atoms with Gasteiger partial charge in [0.15, 0.2) is 5.78 Å². The van der Waals surface area contributed by atoms with E-state index in [4.69, 9.17) is 4.74 Å². The highest BCUT2D eigenvalue weighted by Crippen LogP contribution is 2.18. The minimum absolute atomic E-state index is 0.00313. The summed E-state index contributed by atoms with van der Waals surface area (Å²) in [5, 5.41) is 2.06. The molecule has 0 aliphatic carbocycles. The monoisotopic (exact) mass is 356 g/mol. The lowest BCUT2D eigenvalue weighted by Gasteiger charge is -2.24. The van der Waals surface area contributed by atoms with E-state index in [0.29, 0.717) is 30.1 Å². The van der Waals surface area contributed by atoms with E-state index in [1.807, 2.05) is 31.2 Å². The van der Waals surface area contributed by atoms with E-state index < -0.39 is 0 Å². The van der Waals surface area contributed by atoms with Crippen LogP contribution in [0.15, 0.2) is 48.5 Å². The third-order valence-electron chi connectivity index (χ3n) is 4.73. The van der Waals surface area contributed by atoms with Crippen molar-refractivity contribution in [3.63, 3.8) is 0 Å². The van der Waals surface area contributed by atoms with E-state index in [2.05, 4.69) is 10.4 Å². The molecule has 26 heavy (non-hydrogen) atoms. The molecule has 2 aromatic rings. The summed E-state index contributed by atoms with van der Waals surface area (Å²) in [5.74, 6) is 0.749. The summed E-state index contributed by atoms with van der Waals surface area (Å²) in [6.07, 6.45) is 2.56. The van der Waals surface area contributed by atoms with Crippen molar-refractivity contribution in [1.29, 1.82) is 0 Å². The highest BCUT2D eigenvalue weighted by molar-refractivity contribution is 5.83. The van der Waals surface area contributed by atoms with Gasteiger partial charge in [0.2, 0.25) is 0 Å². The molecule has 4 nitrogen and oxygen atoms in total. The van der Waals surface area contributed by atoms with E-state index in [9.17, 15) is 9.18 Å². The molecule has 0 aromatic heterocycles. The number of Topliss-reactive ketones (excluding diaryl/α,β-unsaturated/α-hetero) is 1. The van der Waals surface area contributed by atoms with E-state index >= 15 is 0 Å². The van der Waals surface area contributed by atoms with Crippen molar-refractivity contribution in [2.75, 3.05) is 6.54 Å². The largest absolute Gasteiger partial charge is 0.489 e. The number of rotatable bonds is 8. The zero-order valence-corrected chi connectivity index (χ0v) is 15.1. The molecule has 0 bridgehead atoms. The summed E-state index contributed by atoms with van der Waals surface area (Å²) in [7, 11) is 0. The van der Waals surface area contributed by atoms with Crippen LogP contribution in [0.1, 0.15) is 37.3 Å². The summed E-state index contributed by atoms with van der Waals surface area (Å²) in [4.78, 5) is 12.0. The third-order valence-corrected chi connectivity index (χ3v) is 4.73. The number of nitrogens with one attached hydrogen (secondary N) is 1. The molecule has 1 aliphatic heterocycles. The van der Waals surface area contributed by atoms with E-state index in [0.717, 1.165) is 24.9 Å². The van der Waals surface area contributed by atoms with Gasteiger partial charge in [-0.25, -0.2) is 9.40 Å². The predicted molar refractivity (Wildman–Crippen MR) is 99.0 cm³/mol. The van der Waals surface area contributed by atoms with Gasteiger partial charge in [-0.2, -0.15) is 0 Å². The van der Waals surface area contributed by atoms with E-state index in [-0.39, 0.29) is 18.5 Å². The second-order valence-corrected chi connectivity index (χ2v) is 6.53. The lowest BCUT2D eigenvalue weighted by Crippen LogP contribution is -2.44. The van der Waals surface area contributed by atoms with Gasteiger partial charge < -0.3 is 4.74 Å². The fraction of sp³-hybridized carbons (Fsp3) is 0.381. The van der Waals surface area contributed by atoms with E-state index in [1.165, 1.54) is 6.07 Å². The molecule has 1 N–H and O–H groups in total. The van der Waals surface area contributed by atoms with Crippen LogP contribution in [0.5, 0.6) is 5.75 Å². The van der Waals surface area contributed by atoms with Crippen molar-refractivity contribution >= 4 is 5.78 Å². The number of carbonyl (C=O) groups excluding carboxylic acids is 1. The minimum Gasteiger partial charge on any atom is -0.489 e. The summed E-state index contributed by atoms with van der Waals surface area (Å²) >= 11 is 0. The molecule has 3 rings (SSSR count). The first-order chi connectivity index (χ1) is 12.7. The number of hydrazine groups is 1. The Balaban J connectivity index is 1.50. The molecule has 1 unspecified atom stereocenters. The predicted octanol–water partition coefficient (Wildman–Crippen LogP) is 3.85. The number of nitrogens with zero attached hydrogens (tertiary/aromatic N) is 1. The van der Waals surface area contributed by atoms with Gasteiger partial charge in [-0.05, 0) is 36.6 Å². The van der Waals surface area contributed by atoms with Crippen molar-refractivity contribution in [1.82, 2.24) is 10.4 Å². The van der Waals surface area contributed by atoms with Crippen LogP contribution >= 0.6 is 0 Å². The van der Waals surface area contributed by atoms with Crippen molar-refractivity contribution < 1.29 is 13.9 Å². The number of hydrogen-bond acceptors (Lipinski definition) is 4. The Morgan fingerprint density at radius 1 is 1.23 bits per heavy atom. The fourth-order valence-corrected chi connectivity index (χ4v) is 3.20. The maximum Gasteiger partial charge on any atom is 0.151 e. The van der Waals surface area contributed by atoms with Crippen LogP contribution in [0.4, 0.5) is 4.39 Å². The average molecular weight is 356 g/mol. The standard InChI is InChI=1S/C21H25FN2O2/c1-2-21(25)20-8-5-13-24(20)23-14-16-9-11-18(12-10-16)26-15-17-6-3-4-7-19(17)22/h3-4,6-7,9-12,20,23H,2,5,8,13-15H2,1H3. The first kappa shape index (κ1) is 18.5. The SMILES string of the molecule is CCC(=O)C1CCCN1NCc1ccc(OCc2ccccc2F)cc1. The van der Waals surface area contributed by atoms with Gasteiger partial charge in [0.1, 0.15) is 18.2 Å². The number of hydrogen-bond donors (Lipinski definition) is 1. The number of ether oxygens (including phenoxy) is 1. The molecule has 0 saturated carbocycles. The van der Waals surface area contributed by atoms with Crippen LogP contribution in [-0.2, 0) is 17.9 Å². The summed E-state index contributed by atoms with van der Waals surface area (Å²) < 4.78 is 19.3. The van der Waals surface area contributed by atoms with Gasteiger partial charge in [-0.3, -0.25) is 10.2 Å². The third kappa shape index (κ3) is 4.68. The molecule has 1 fully saturated rings. The summed E-state index contributed by atoms with van der Waals surface area (Å²) in [6, 6.07) is 14.4. The highest BCUT2D eigenvalue weighted by Gasteiger charge is 2.28. The molecular weight excluding hydrogens is 331 g/mol. The second-order valence-electron chi connectivity index (χ2n) is 6.53. The van der Waals surface area contributed by atoms with Crippen LogP contribution in [0, 0.1) is 5.82 Å². The molecule has 0 radical (unpaired) electrons. The molecule has 1 aliphatic rings. The fourth-order valence-electron chi connectivity index (χ4n) is 3.20. The van der Waals surface area contributed by atoms with Crippen molar-refractivity contribution in [3.8, 4) is 5.75 Å². The quantitative estimate of drug-likeness (QED) is 0.780. The van der Waals surface area contributed by atoms with Gasteiger partial charge in [0.25, 0.3) is 0 Å². The molecule has 0 spiro atoms.